The summed E-state index contributed by atoms with van der Waals surface area (Å²) in [5.41, 5.74) is 3.22. The fourth-order valence-corrected chi connectivity index (χ4v) is 4.06. The number of hydrogen-bond donors (Lipinski definition) is 0. The van der Waals surface area contributed by atoms with Gasteiger partial charge in [-0.2, -0.15) is 0 Å². The van der Waals surface area contributed by atoms with E-state index < -0.39 is 11.9 Å². The maximum absolute atomic E-state index is 12.3. The van der Waals surface area contributed by atoms with Gasteiger partial charge in [0.2, 0.25) is 0 Å². The molecule has 2 unspecified atom stereocenters. The first-order valence-corrected chi connectivity index (χ1v) is 10.3. The van der Waals surface area contributed by atoms with Crippen molar-refractivity contribution in [3.8, 4) is 11.5 Å². The Bertz CT molecular complexity index is 770. The van der Waals surface area contributed by atoms with Gasteiger partial charge in [-0.25, -0.2) is 0 Å². The molecule has 1 aromatic rings. The molecule has 0 radical (unpaired) electrons. The largest absolute Gasteiger partial charge is 0.490 e. The first-order chi connectivity index (χ1) is 13.6. The van der Waals surface area contributed by atoms with Crippen molar-refractivity contribution in [3.63, 3.8) is 0 Å². The number of ketones is 1. The predicted octanol–water partition coefficient (Wildman–Crippen LogP) is 3.38. The van der Waals surface area contributed by atoms with Gasteiger partial charge in [0, 0.05) is 30.2 Å². The summed E-state index contributed by atoms with van der Waals surface area (Å²) in [6.07, 6.45) is 2.41. The van der Waals surface area contributed by atoms with Crippen LogP contribution in [0.1, 0.15) is 51.2 Å². The van der Waals surface area contributed by atoms with E-state index in [4.69, 9.17) is 19.2 Å². The van der Waals surface area contributed by atoms with Crippen LogP contribution in [0.15, 0.2) is 17.1 Å². The lowest BCUT2D eigenvalue weighted by molar-refractivity contribution is -0.153. The molecule has 0 saturated heterocycles. The molecule has 1 heterocycles. The lowest BCUT2D eigenvalue weighted by Gasteiger charge is -2.30. The van der Waals surface area contributed by atoms with Crippen molar-refractivity contribution in [1.29, 1.82) is 0 Å². The van der Waals surface area contributed by atoms with Gasteiger partial charge in [-0.15, -0.1) is 0 Å². The number of benzene rings is 1. The van der Waals surface area contributed by atoms with Gasteiger partial charge in [-0.1, -0.05) is 0 Å². The van der Waals surface area contributed by atoms with Crippen LogP contribution in [-0.4, -0.2) is 43.8 Å². The number of hydrogen-bond acceptors (Lipinski definition) is 6. The van der Waals surface area contributed by atoms with E-state index in [0.717, 1.165) is 23.4 Å². The fourth-order valence-electron chi connectivity index (χ4n) is 4.06. The fraction of sp³-hybridized carbons (Fsp3) is 0.591. The van der Waals surface area contributed by atoms with Crippen molar-refractivity contribution in [2.75, 3.05) is 26.4 Å². The molecule has 1 aliphatic carbocycles. The van der Waals surface area contributed by atoms with E-state index >= 15 is 0 Å². The van der Waals surface area contributed by atoms with E-state index in [2.05, 4.69) is 6.07 Å². The zero-order valence-corrected chi connectivity index (χ0v) is 17.0. The minimum atomic E-state index is -0.680. The third-order valence-electron chi connectivity index (χ3n) is 5.31. The topological polar surface area (TPSA) is 74.2 Å². The second kappa shape index (κ2) is 9.22. The van der Waals surface area contributed by atoms with Crippen molar-refractivity contribution in [2.45, 2.75) is 46.5 Å². The average Bonchev–Trinajstić information content (AvgIpc) is 2.69. The minimum Gasteiger partial charge on any atom is -0.490 e. The summed E-state index contributed by atoms with van der Waals surface area (Å²) in [6, 6.07) is 4.06. The molecule has 3 rings (SSSR count). The monoisotopic (exact) mass is 387 g/mol. The molecule has 1 fully saturated rings. The van der Waals surface area contributed by atoms with Gasteiger partial charge in [0.25, 0.3) is 0 Å². The van der Waals surface area contributed by atoms with E-state index in [9.17, 15) is 9.59 Å². The van der Waals surface area contributed by atoms with Gasteiger partial charge in [0.15, 0.2) is 11.5 Å². The Morgan fingerprint density at radius 1 is 1.07 bits per heavy atom. The summed E-state index contributed by atoms with van der Waals surface area (Å²) in [7, 11) is 0. The van der Waals surface area contributed by atoms with Crippen molar-refractivity contribution in [2.24, 2.45) is 16.8 Å². The zero-order valence-electron chi connectivity index (χ0n) is 17.0. The summed E-state index contributed by atoms with van der Waals surface area (Å²) < 4.78 is 16.7. The van der Waals surface area contributed by atoms with Crippen LogP contribution in [0, 0.1) is 11.8 Å². The minimum absolute atomic E-state index is 0.0203. The highest BCUT2D eigenvalue weighted by molar-refractivity contribution is 6.07. The number of esters is 1. The Morgan fingerprint density at radius 3 is 2.46 bits per heavy atom. The SMILES string of the molecule is CCOC(=O)C1CC(C2=NCCc3cc(OCC)c(OCC)cc32)CCC1=O. The molecule has 2 aliphatic rings. The number of carbonyl (C=O) groups is 2. The van der Waals surface area contributed by atoms with Crippen molar-refractivity contribution in [3.05, 3.63) is 23.3 Å². The van der Waals surface area contributed by atoms with Gasteiger partial charge in [0.1, 0.15) is 11.7 Å². The van der Waals surface area contributed by atoms with Gasteiger partial charge < -0.3 is 14.2 Å². The highest BCUT2D eigenvalue weighted by Gasteiger charge is 2.38. The van der Waals surface area contributed by atoms with Gasteiger partial charge in [-0.05, 0) is 57.7 Å². The molecule has 0 bridgehead atoms. The number of ether oxygens (including phenoxy) is 3. The Morgan fingerprint density at radius 2 is 1.79 bits per heavy atom. The summed E-state index contributed by atoms with van der Waals surface area (Å²) in [5.74, 6) is 0.432. The summed E-state index contributed by atoms with van der Waals surface area (Å²) in [6.45, 7) is 7.78. The van der Waals surface area contributed by atoms with E-state index in [1.54, 1.807) is 6.92 Å². The number of rotatable bonds is 7. The molecule has 0 N–H and O–H groups in total. The Hall–Kier alpha value is -2.37. The lowest BCUT2D eigenvalue weighted by atomic mass is 9.75. The molecule has 6 heteroatoms. The maximum atomic E-state index is 12.3. The average molecular weight is 387 g/mol. The highest BCUT2D eigenvalue weighted by atomic mass is 16.5. The van der Waals surface area contributed by atoms with Gasteiger partial charge >= 0.3 is 5.97 Å². The Balaban J connectivity index is 1.90. The van der Waals surface area contributed by atoms with E-state index in [1.165, 1.54) is 5.56 Å². The van der Waals surface area contributed by atoms with E-state index in [0.29, 0.717) is 44.8 Å². The first-order valence-electron chi connectivity index (χ1n) is 10.3. The second-order valence-electron chi connectivity index (χ2n) is 7.08. The molecule has 1 aliphatic heterocycles. The van der Waals surface area contributed by atoms with Crippen LogP contribution in [0.5, 0.6) is 11.5 Å². The number of nitrogens with zero attached hydrogens (tertiary/aromatic N) is 1. The standard InChI is InChI=1S/C22H29NO5/c1-4-26-19-12-14-9-10-23-21(16(14)13-20(19)27-5-2)15-7-8-18(24)17(11-15)22(25)28-6-3/h12-13,15,17H,4-11H2,1-3H3. The molecule has 152 valence electrons. The third kappa shape index (κ3) is 4.21. The Labute approximate surface area is 166 Å². The van der Waals surface area contributed by atoms with Crippen LogP contribution in [0.25, 0.3) is 0 Å². The first kappa shape index (κ1) is 20.4. The van der Waals surface area contributed by atoms with Crippen LogP contribution >= 0.6 is 0 Å². The highest BCUT2D eigenvalue weighted by Crippen LogP contribution is 2.37. The number of fused-ring (bicyclic) bond motifs is 1. The molecular weight excluding hydrogens is 358 g/mol. The molecular formula is C22H29NO5. The number of aliphatic imine (C=N–C) groups is 1. The van der Waals surface area contributed by atoms with E-state index in [1.807, 2.05) is 19.9 Å². The van der Waals surface area contributed by atoms with Crippen molar-refractivity contribution in [1.82, 2.24) is 0 Å². The molecule has 6 nitrogen and oxygen atoms in total. The smallest absolute Gasteiger partial charge is 0.316 e. The molecule has 0 spiro atoms. The molecule has 0 aromatic heterocycles. The summed E-state index contributed by atoms with van der Waals surface area (Å²) in [5, 5.41) is 0. The normalized spacial score (nSPS) is 21.5. The van der Waals surface area contributed by atoms with Crippen molar-refractivity contribution >= 4 is 17.5 Å². The Kier molecular flexibility index (Phi) is 6.70. The second-order valence-corrected chi connectivity index (χ2v) is 7.08. The summed E-state index contributed by atoms with van der Waals surface area (Å²) >= 11 is 0. The van der Waals surface area contributed by atoms with Gasteiger partial charge in [0.05, 0.1) is 19.8 Å². The number of Topliss-reactive ketones (excluding diaryl/α,β-unsaturated/α-hetero) is 1. The third-order valence-corrected chi connectivity index (χ3v) is 5.31. The van der Waals surface area contributed by atoms with Crippen molar-refractivity contribution < 1.29 is 23.8 Å². The lowest BCUT2D eigenvalue weighted by Crippen LogP contribution is -2.36. The van der Waals surface area contributed by atoms with Crippen LogP contribution in [-0.2, 0) is 20.7 Å². The van der Waals surface area contributed by atoms with E-state index in [-0.39, 0.29) is 18.3 Å². The molecule has 1 aromatic carbocycles. The molecule has 2 atom stereocenters. The predicted molar refractivity (Wildman–Crippen MR) is 106 cm³/mol. The van der Waals surface area contributed by atoms with Crippen LogP contribution in [0.3, 0.4) is 0 Å². The van der Waals surface area contributed by atoms with Gasteiger partial charge in [-0.3, -0.25) is 14.6 Å². The summed E-state index contributed by atoms with van der Waals surface area (Å²) in [4.78, 5) is 29.3. The van der Waals surface area contributed by atoms with Crippen LogP contribution < -0.4 is 9.47 Å². The molecule has 28 heavy (non-hydrogen) atoms. The zero-order chi connectivity index (χ0) is 20.1. The number of carbonyl (C=O) groups excluding carboxylic acids is 2. The van der Waals surface area contributed by atoms with Crippen LogP contribution in [0.2, 0.25) is 0 Å². The molecule has 0 amide bonds. The van der Waals surface area contributed by atoms with Crippen LogP contribution in [0.4, 0.5) is 0 Å². The maximum Gasteiger partial charge on any atom is 0.316 e. The molecule has 1 saturated carbocycles. The quantitative estimate of drug-likeness (QED) is 0.530.